The first-order valence-corrected chi connectivity index (χ1v) is 8.19. The van der Waals surface area contributed by atoms with Crippen LogP contribution in [-0.4, -0.2) is 68.5 Å². The van der Waals surface area contributed by atoms with Crippen molar-refractivity contribution in [3.05, 3.63) is 24.3 Å². The lowest BCUT2D eigenvalue weighted by molar-refractivity contribution is 0.0164. The van der Waals surface area contributed by atoms with Gasteiger partial charge in [0.25, 0.3) is 0 Å². The van der Waals surface area contributed by atoms with Crippen LogP contribution >= 0.6 is 0 Å². The number of aliphatic hydroxyl groups excluding tert-OH is 2. The summed E-state index contributed by atoms with van der Waals surface area (Å²) < 4.78 is 16.0. The number of hydrogen-bond donors (Lipinski definition) is 2. The van der Waals surface area contributed by atoms with Crippen molar-refractivity contribution in [2.45, 2.75) is 25.6 Å². The van der Waals surface area contributed by atoms with Gasteiger partial charge in [-0.2, -0.15) is 0 Å². The van der Waals surface area contributed by atoms with Crippen molar-refractivity contribution in [1.82, 2.24) is 0 Å². The molecule has 0 aromatic heterocycles. The van der Waals surface area contributed by atoms with Crippen molar-refractivity contribution in [2.24, 2.45) is 0 Å². The fraction of sp³-hybridized carbons (Fsp3) is 0.647. The molecule has 0 amide bonds. The van der Waals surface area contributed by atoms with E-state index in [1.165, 1.54) is 0 Å². The van der Waals surface area contributed by atoms with Gasteiger partial charge in [0.2, 0.25) is 0 Å². The van der Waals surface area contributed by atoms with Crippen LogP contribution in [0.15, 0.2) is 24.3 Å². The Bertz CT molecular complexity index is 435. The summed E-state index contributed by atoms with van der Waals surface area (Å²) in [6.07, 6.45) is 0.412. The second-order valence-electron chi connectivity index (χ2n) is 5.60. The zero-order valence-electron chi connectivity index (χ0n) is 13.7. The number of nitrogens with zero attached hydrogens (tertiary/aromatic N) is 1. The van der Waals surface area contributed by atoms with E-state index in [0.717, 1.165) is 31.8 Å². The molecule has 0 spiro atoms. The van der Waals surface area contributed by atoms with Crippen LogP contribution in [0.4, 0.5) is 5.69 Å². The zero-order valence-corrected chi connectivity index (χ0v) is 13.7. The first-order chi connectivity index (χ1) is 11.2. The molecule has 0 aliphatic carbocycles. The molecular formula is C17H27NO5. The Morgan fingerprint density at radius 1 is 1.30 bits per heavy atom. The van der Waals surface area contributed by atoms with Crippen LogP contribution in [0.25, 0.3) is 0 Å². The number of benzene rings is 1. The minimum absolute atomic E-state index is 0.181. The van der Waals surface area contributed by atoms with E-state index in [1.807, 2.05) is 31.2 Å². The van der Waals surface area contributed by atoms with Crippen molar-refractivity contribution in [3.8, 4) is 5.75 Å². The second kappa shape index (κ2) is 9.72. The molecule has 1 aromatic carbocycles. The van der Waals surface area contributed by atoms with E-state index in [2.05, 4.69) is 4.90 Å². The van der Waals surface area contributed by atoms with Crippen LogP contribution in [0, 0.1) is 0 Å². The molecule has 1 heterocycles. The molecule has 0 saturated carbocycles. The van der Waals surface area contributed by atoms with Gasteiger partial charge < -0.3 is 29.3 Å². The molecule has 1 aliphatic heterocycles. The number of hydrogen-bond acceptors (Lipinski definition) is 6. The fourth-order valence-corrected chi connectivity index (χ4v) is 2.25. The van der Waals surface area contributed by atoms with Crippen molar-refractivity contribution in [3.63, 3.8) is 0 Å². The van der Waals surface area contributed by atoms with Crippen molar-refractivity contribution >= 4 is 5.69 Å². The number of aliphatic hydroxyl groups is 2. The second-order valence-corrected chi connectivity index (χ2v) is 5.60. The van der Waals surface area contributed by atoms with Crippen LogP contribution < -0.4 is 9.64 Å². The van der Waals surface area contributed by atoms with Crippen LogP contribution in [0.1, 0.15) is 13.3 Å². The molecule has 2 rings (SSSR count). The molecule has 1 aliphatic rings. The molecule has 1 fully saturated rings. The third-order valence-electron chi connectivity index (χ3n) is 3.57. The largest absolute Gasteiger partial charge is 0.491 e. The van der Waals surface area contributed by atoms with Gasteiger partial charge in [0, 0.05) is 32.0 Å². The molecule has 2 N–H and O–H groups in total. The molecule has 0 radical (unpaired) electrons. The first-order valence-electron chi connectivity index (χ1n) is 8.19. The molecule has 1 saturated heterocycles. The maximum atomic E-state index is 9.69. The van der Waals surface area contributed by atoms with Crippen molar-refractivity contribution < 1.29 is 24.4 Å². The lowest BCUT2D eigenvalue weighted by Gasteiger charge is -2.24. The highest BCUT2D eigenvalue weighted by Crippen LogP contribution is 2.22. The third kappa shape index (κ3) is 6.74. The number of epoxide rings is 1. The van der Waals surface area contributed by atoms with Gasteiger partial charge in [-0.1, -0.05) is 0 Å². The summed E-state index contributed by atoms with van der Waals surface area (Å²) in [6.45, 7) is 5.60. The van der Waals surface area contributed by atoms with Crippen molar-refractivity contribution in [1.29, 1.82) is 0 Å². The van der Waals surface area contributed by atoms with Crippen LogP contribution in [0.3, 0.4) is 0 Å². The average molecular weight is 325 g/mol. The minimum atomic E-state index is -0.623. The topological polar surface area (TPSA) is 74.7 Å². The summed E-state index contributed by atoms with van der Waals surface area (Å²) in [4.78, 5) is 2.21. The summed E-state index contributed by atoms with van der Waals surface area (Å²) >= 11 is 0. The fourth-order valence-electron chi connectivity index (χ4n) is 2.25. The molecule has 0 bridgehead atoms. The maximum Gasteiger partial charge on any atom is 0.119 e. The lowest BCUT2D eigenvalue weighted by atomic mass is 10.2. The Hall–Kier alpha value is -1.34. The molecule has 2 unspecified atom stereocenters. The number of anilines is 1. The van der Waals surface area contributed by atoms with Crippen molar-refractivity contribution in [2.75, 3.05) is 51.0 Å². The van der Waals surface area contributed by atoms with Gasteiger partial charge in [0.1, 0.15) is 18.5 Å². The van der Waals surface area contributed by atoms with E-state index in [4.69, 9.17) is 19.3 Å². The van der Waals surface area contributed by atoms with Gasteiger partial charge in [-0.25, -0.2) is 0 Å². The predicted molar refractivity (Wildman–Crippen MR) is 88.1 cm³/mol. The average Bonchev–Trinajstić information content (AvgIpc) is 3.39. The highest BCUT2D eigenvalue weighted by Gasteiger charge is 2.25. The zero-order chi connectivity index (χ0) is 16.5. The third-order valence-corrected chi connectivity index (χ3v) is 3.57. The van der Waals surface area contributed by atoms with Gasteiger partial charge in [-0.15, -0.1) is 0 Å². The van der Waals surface area contributed by atoms with Crippen LogP contribution in [0.5, 0.6) is 5.75 Å². The smallest absolute Gasteiger partial charge is 0.119 e. The summed E-state index contributed by atoms with van der Waals surface area (Å²) in [6, 6.07) is 7.76. The molecule has 6 heteroatoms. The maximum absolute atomic E-state index is 9.69. The molecule has 2 atom stereocenters. The molecule has 1 aromatic rings. The van der Waals surface area contributed by atoms with E-state index >= 15 is 0 Å². The van der Waals surface area contributed by atoms with E-state index < -0.39 is 6.10 Å². The Morgan fingerprint density at radius 2 is 2.04 bits per heavy atom. The summed E-state index contributed by atoms with van der Waals surface area (Å²) in [5, 5.41) is 18.7. The van der Waals surface area contributed by atoms with Crippen LogP contribution in [0.2, 0.25) is 0 Å². The first kappa shape index (κ1) is 18.0. The van der Waals surface area contributed by atoms with Gasteiger partial charge in [-0.3, -0.25) is 0 Å². The molecule has 130 valence electrons. The molecule has 6 nitrogen and oxygen atoms in total. The number of ether oxygens (including phenoxy) is 3. The standard InChI is InChI=1S/C17H27NO5/c1-2-21-11-15(20)12-22-16-6-4-14(5-7-16)18(8-3-9-19)10-17-13-23-17/h4-7,15,17,19-20H,2-3,8-13H2,1H3. The van der Waals surface area contributed by atoms with E-state index in [9.17, 15) is 5.11 Å². The Labute approximate surface area is 137 Å². The Kier molecular flexibility index (Phi) is 7.61. The minimum Gasteiger partial charge on any atom is -0.491 e. The predicted octanol–water partition coefficient (Wildman–Crippen LogP) is 1.05. The van der Waals surface area contributed by atoms with E-state index in [0.29, 0.717) is 18.5 Å². The quantitative estimate of drug-likeness (QED) is 0.560. The Balaban J connectivity index is 1.83. The summed E-state index contributed by atoms with van der Waals surface area (Å²) in [5.41, 5.74) is 1.08. The molecular weight excluding hydrogens is 298 g/mol. The van der Waals surface area contributed by atoms with Gasteiger partial charge in [-0.05, 0) is 37.6 Å². The Morgan fingerprint density at radius 3 is 2.65 bits per heavy atom. The highest BCUT2D eigenvalue weighted by atomic mass is 16.6. The number of rotatable bonds is 12. The van der Waals surface area contributed by atoms with E-state index in [-0.39, 0.29) is 19.8 Å². The SMILES string of the molecule is CCOCC(O)COc1ccc(N(CCCO)CC2CO2)cc1. The molecule has 23 heavy (non-hydrogen) atoms. The van der Waals surface area contributed by atoms with E-state index in [1.54, 1.807) is 0 Å². The monoisotopic (exact) mass is 325 g/mol. The highest BCUT2D eigenvalue weighted by molar-refractivity contribution is 5.49. The normalized spacial score (nSPS) is 17.8. The lowest BCUT2D eigenvalue weighted by Crippen LogP contribution is -2.29. The van der Waals surface area contributed by atoms with Crippen LogP contribution in [-0.2, 0) is 9.47 Å². The summed E-state index contributed by atoms with van der Waals surface area (Å²) in [7, 11) is 0. The van der Waals surface area contributed by atoms with Gasteiger partial charge >= 0.3 is 0 Å². The summed E-state index contributed by atoms with van der Waals surface area (Å²) in [5.74, 6) is 0.717. The van der Waals surface area contributed by atoms with Gasteiger partial charge in [0.15, 0.2) is 0 Å². The van der Waals surface area contributed by atoms with Gasteiger partial charge in [0.05, 0.1) is 19.3 Å².